The van der Waals surface area contributed by atoms with E-state index in [1.165, 1.54) is 0 Å². The lowest BCUT2D eigenvalue weighted by Crippen LogP contribution is -2.28. The maximum Gasteiger partial charge on any atom is 0.241 e. The number of likely N-dealkylation sites (N-methyl/N-ethyl adjacent to an activating group) is 1. The van der Waals surface area contributed by atoms with Gasteiger partial charge in [-0.1, -0.05) is 0 Å². The van der Waals surface area contributed by atoms with Gasteiger partial charge in [0.2, 0.25) is 5.91 Å². The normalized spacial score (nSPS) is 14.2. The Labute approximate surface area is 107 Å². The Morgan fingerprint density at radius 1 is 1.39 bits per heavy atom. The Morgan fingerprint density at radius 3 is 2.61 bits per heavy atom. The monoisotopic (exact) mass is 249 g/mol. The number of aromatic nitrogens is 2. The molecule has 6 heteroatoms. The van der Waals surface area contributed by atoms with Crippen molar-refractivity contribution in [3.05, 3.63) is 11.9 Å². The fourth-order valence-corrected chi connectivity index (χ4v) is 1.53. The van der Waals surface area contributed by atoms with E-state index in [2.05, 4.69) is 20.6 Å². The Hall–Kier alpha value is -1.85. The van der Waals surface area contributed by atoms with Crippen LogP contribution >= 0.6 is 0 Å². The second-order valence-corrected chi connectivity index (χ2v) is 4.66. The third kappa shape index (κ3) is 3.09. The Bertz CT molecular complexity index is 442. The largest absolute Gasteiger partial charge is 0.373 e. The fourth-order valence-electron chi connectivity index (χ4n) is 1.53. The predicted octanol–water partition coefficient (Wildman–Crippen LogP) is 0.896. The van der Waals surface area contributed by atoms with Gasteiger partial charge in [-0.2, -0.15) is 0 Å². The second kappa shape index (κ2) is 5.20. The molecule has 1 aliphatic rings. The van der Waals surface area contributed by atoms with Crippen LogP contribution < -0.4 is 10.6 Å². The summed E-state index contributed by atoms with van der Waals surface area (Å²) < 4.78 is 0. The van der Waals surface area contributed by atoms with E-state index in [0.717, 1.165) is 24.5 Å². The molecule has 0 atom stereocenters. The van der Waals surface area contributed by atoms with Crippen molar-refractivity contribution >= 4 is 17.5 Å². The quantitative estimate of drug-likeness (QED) is 0.811. The van der Waals surface area contributed by atoms with Crippen molar-refractivity contribution in [2.75, 3.05) is 38.3 Å². The van der Waals surface area contributed by atoms with Gasteiger partial charge in [0.1, 0.15) is 17.5 Å². The van der Waals surface area contributed by atoms with Crippen molar-refractivity contribution in [1.82, 2.24) is 14.9 Å². The van der Waals surface area contributed by atoms with Crippen LogP contribution in [0.15, 0.2) is 6.07 Å². The van der Waals surface area contributed by atoms with E-state index in [4.69, 9.17) is 0 Å². The smallest absolute Gasteiger partial charge is 0.241 e. The predicted molar refractivity (Wildman–Crippen MR) is 70.7 cm³/mol. The minimum Gasteiger partial charge on any atom is -0.373 e. The highest BCUT2D eigenvalue weighted by atomic mass is 16.2. The van der Waals surface area contributed by atoms with Crippen LogP contribution in [0.1, 0.15) is 24.6 Å². The lowest BCUT2D eigenvalue weighted by molar-refractivity contribution is -0.126. The van der Waals surface area contributed by atoms with Gasteiger partial charge >= 0.3 is 0 Å². The molecular weight excluding hydrogens is 230 g/mol. The van der Waals surface area contributed by atoms with Gasteiger partial charge in [0, 0.05) is 33.1 Å². The van der Waals surface area contributed by atoms with E-state index in [0.29, 0.717) is 11.7 Å². The zero-order valence-corrected chi connectivity index (χ0v) is 11.0. The van der Waals surface area contributed by atoms with E-state index in [1.54, 1.807) is 19.0 Å². The summed E-state index contributed by atoms with van der Waals surface area (Å²) in [5.74, 6) is 2.86. The summed E-state index contributed by atoms with van der Waals surface area (Å²) in [6.07, 6.45) is 2.31. The number of anilines is 2. The van der Waals surface area contributed by atoms with E-state index in [9.17, 15) is 4.79 Å². The third-order valence-corrected chi connectivity index (χ3v) is 2.86. The molecular formula is C12H19N5O. The zero-order valence-electron chi connectivity index (χ0n) is 11.0. The minimum absolute atomic E-state index is 0.0209. The molecule has 1 aromatic heterocycles. The van der Waals surface area contributed by atoms with Crippen LogP contribution in [0.5, 0.6) is 0 Å². The van der Waals surface area contributed by atoms with Crippen LogP contribution in [0.2, 0.25) is 0 Å². The molecule has 1 fully saturated rings. The summed E-state index contributed by atoms with van der Waals surface area (Å²) in [5, 5.41) is 6.06. The maximum atomic E-state index is 11.5. The van der Waals surface area contributed by atoms with Crippen molar-refractivity contribution in [1.29, 1.82) is 0 Å². The fraction of sp³-hybridized carbons (Fsp3) is 0.583. The first-order valence-electron chi connectivity index (χ1n) is 6.11. The molecule has 2 N–H and O–H groups in total. The molecule has 0 saturated heterocycles. The molecule has 1 heterocycles. The maximum absolute atomic E-state index is 11.5. The van der Waals surface area contributed by atoms with E-state index >= 15 is 0 Å². The van der Waals surface area contributed by atoms with Crippen molar-refractivity contribution in [2.45, 2.75) is 18.8 Å². The Balaban J connectivity index is 2.06. The van der Waals surface area contributed by atoms with Crippen LogP contribution in [0.25, 0.3) is 0 Å². The number of hydrogen-bond donors (Lipinski definition) is 2. The minimum atomic E-state index is 0.0209. The van der Waals surface area contributed by atoms with Crippen LogP contribution in [0.3, 0.4) is 0 Å². The van der Waals surface area contributed by atoms with Gasteiger partial charge in [0.25, 0.3) is 0 Å². The van der Waals surface area contributed by atoms with Crippen LogP contribution in [-0.4, -0.2) is 48.5 Å². The molecule has 0 aromatic carbocycles. The lowest BCUT2D eigenvalue weighted by atomic mass is 10.3. The summed E-state index contributed by atoms with van der Waals surface area (Å²) in [6, 6.07) is 1.81. The average Bonchev–Trinajstić information content (AvgIpc) is 3.19. The summed E-state index contributed by atoms with van der Waals surface area (Å²) in [5.41, 5.74) is 0. The first-order valence-corrected chi connectivity index (χ1v) is 6.11. The van der Waals surface area contributed by atoms with Crippen LogP contribution in [0, 0.1) is 0 Å². The number of carbonyl (C=O) groups excluding carboxylic acids is 1. The SMILES string of the molecule is CNc1cc(NCC(=O)N(C)C)nc(C2CC2)n1. The molecule has 1 aromatic rings. The molecule has 0 unspecified atom stereocenters. The van der Waals surface area contributed by atoms with Crippen molar-refractivity contribution in [3.8, 4) is 0 Å². The van der Waals surface area contributed by atoms with Crippen LogP contribution in [0.4, 0.5) is 11.6 Å². The number of amides is 1. The third-order valence-electron chi connectivity index (χ3n) is 2.86. The summed E-state index contributed by atoms with van der Waals surface area (Å²) in [7, 11) is 5.30. The van der Waals surface area contributed by atoms with Gasteiger partial charge in [0.05, 0.1) is 6.54 Å². The lowest BCUT2D eigenvalue weighted by Gasteiger charge is -2.12. The average molecular weight is 249 g/mol. The Morgan fingerprint density at radius 2 is 2.06 bits per heavy atom. The van der Waals surface area contributed by atoms with E-state index < -0.39 is 0 Å². The van der Waals surface area contributed by atoms with Gasteiger partial charge in [-0.25, -0.2) is 9.97 Å². The molecule has 1 amide bonds. The molecule has 98 valence electrons. The van der Waals surface area contributed by atoms with E-state index in [1.807, 2.05) is 13.1 Å². The van der Waals surface area contributed by atoms with Gasteiger partial charge < -0.3 is 15.5 Å². The highest BCUT2D eigenvalue weighted by Gasteiger charge is 2.27. The zero-order chi connectivity index (χ0) is 13.1. The molecule has 0 bridgehead atoms. The molecule has 1 aliphatic carbocycles. The number of carbonyl (C=O) groups is 1. The molecule has 0 spiro atoms. The Kier molecular flexibility index (Phi) is 3.64. The number of nitrogens with zero attached hydrogens (tertiary/aromatic N) is 3. The molecule has 0 radical (unpaired) electrons. The molecule has 6 nitrogen and oxygen atoms in total. The van der Waals surface area contributed by atoms with Crippen molar-refractivity contribution in [2.24, 2.45) is 0 Å². The molecule has 18 heavy (non-hydrogen) atoms. The van der Waals surface area contributed by atoms with Gasteiger partial charge in [-0.3, -0.25) is 4.79 Å². The molecule has 1 saturated carbocycles. The highest BCUT2D eigenvalue weighted by molar-refractivity contribution is 5.80. The summed E-state index contributed by atoms with van der Waals surface area (Å²) >= 11 is 0. The summed E-state index contributed by atoms with van der Waals surface area (Å²) in [4.78, 5) is 21.9. The van der Waals surface area contributed by atoms with Crippen molar-refractivity contribution in [3.63, 3.8) is 0 Å². The highest BCUT2D eigenvalue weighted by Crippen LogP contribution is 2.38. The van der Waals surface area contributed by atoms with E-state index in [-0.39, 0.29) is 12.5 Å². The van der Waals surface area contributed by atoms with Gasteiger partial charge in [0.15, 0.2) is 0 Å². The number of hydrogen-bond acceptors (Lipinski definition) is 5. The standard InChI is InChI=1S/C12H19N5O/c1-13-9-6-10(14-7-11(18)17(2)3)16-12(15-9)8-4-5-8/h6,8H,4-5,7H2,1-3H3,(H2,13,14,15,16). The number of nitrogens with one attached hydrogen (secondary N) is 2. The van der Waals surface area contributed by atoms with Gasteiger partial charge in [-0.05, 0) is 12.8 Å². The van der Waals surface area contributed by atoms with Crippen molar-refractivity contribution < 1.29 is 4.79 Å². The molecule has 0 aliphatic heterocycles. The first-order chi connectivity index (χ1) is 8.60. The van der Waals surface area contributed by atoms with Crippen LogP contribution in [-0.2, 0) is 4.79 Å². The van der Waals surface area contributed by atoms with Gasteiger partial charge in [-0.15, -0.1) is 0 Å². The summed E-state index contributed by atoms with van der Waals surface area (Å²) in [6.45, 7) is 0.247. The topological polar surface area (TPSA) is 70.2 Å². The first kappa shape index (κ1) is 12.6. The molecule has 2 rings (SSSR count). The second-order valence-electron chi connectivity index (χ2n) is 4.66. The number of rotatable bonds is 5.